The van der Waals surface area contributed by atoms with Crippen molar-refractivity contribution in [2.24, 2.45) is 0 Å². The molecule has 1 fully saturated rings. The molecular formula is C23H31N5O4. The second-order valence-electron chi connectivity index (χ2n) is 7.86. The van der Waals surface area contributed by atoms with Crippen LogP contribution in [0.2, 0.25) is 0 Å². The lowest BCUT2D eigenvalue weighted by atomic mass is 10.2. The average Bonchev–Trinajstić information content (AvgIpc) is 3.48. The lowest BCUT2D eigenvalue weighted by Gasteiger charge is -2.34. The number of oxazole rings is 1. The van der Waals surface area contributed by atoms with E-state index < -0.39 is 0 Å². The van der Waals surface area contributed by atoms with Gasteiger partial charge in [-0.2, -0.15) is 10.2 Å². The van der Waals surface area contributed by atoms with Crippen LogP contribution in [0.4, 0.5) is 5.88 Å². The Bertz CT molecular complexity index is 917. The Morgan fingerprint density at radius 1 is 1.16 bits per heavy atom. The molecular weight excluding hydrogens is 410 g/mol. The first-order valence-corrected chi connectivity index (χ1v) is 11.3. The van der Waals surface area contributed by atoms with E-state index in [0.29, 0.717) is 57.1 Å². The molecule has 1 aliphatic rings. The van der Waals surface area contributed by atoms with Crippen LogP contribution in [-0.4, -0.2) is 65.9 Å². The SMILES string of the molecule is CCCN(CCC)C(=O)CCCC(=O)N1CCN(c2oc(-c3ccco3)nc2C#N)CC1. The Labute approximate surface area is 188 Å². The van der Waals surface area contributed by atoms with Gasteiger partial charge in [0.15, 0.2) is 5.76 Å². The van der Waals surface area contributed by atoms with Gasteiger partial charge in [0.25, 0.3) is 5.89 Å². The molecule has 32 heavy (non-hydrogen) atoms. The summed E-state index contributed by atoms with van der Waals surface area (Å²) in [5, 5.41) is 9.42. The molecule has 0 spiro atoms. The first-order chi connectivity index (χ1) is 15.6. The summed E-state index contributed by atoms with van der Waals surface area (Å²) >= 11 is 0. The molecule has 0 saturated carbocycles. The first kappa shape index (κ1) is 23.4. The minimum Gasteiger partial charge on any atom is -0.459 e. The summed E-state index contributed by atoms with van der Waals surface area (Å²) in [6, 6.07) is 5.52. The topological polar surface area (TPSA) is 107 Å². The number of carbonyl (C=O) groups excluding carboxylic acids is 2. The monoisotopic (exact) mass is 441 g/mol. The van der Waals surface area contributed by atoms with E-state index in [2.05, 4.69) is 24.9 Å². The predicted molar refractivity (Wildman–Crippen MR) is 119 cm³/mol. The smallest absolute Gasteiger partial charge is 0.266 e. The minimum atomic E-state index is 0.0596. The van der Waals surface area contributed by atoms with E-state index in [1.807, 2.05) is 14.7 Å². The van der Waals surface area contributed by atoms with E-state index in [1.165, 1.54) is 6.26 Å². The quantitative estimate of drug-likeness (QED) is 0.557. The molecule has 172 valence electrons. The van der Waals surface area contributed by atoms with E-state index in [0.717, 1.165) is 25.9 Å². The molecule has 1 aliphatic heterocycles. The van der Waals surface area contributed by atoms with Crippen molar-refractivity contribution >= 4 is 17.7 Å². The van der Waals surface area contributed by atoms with Crippen LogP contribution in [0.15, 0.2) is 27.2 Å². The molecule has 0 N–H and O–H groups in total. The van der Waals surface area contributed by atoms with Gasteiger partial charge in [0.05, 0.1) is 6.26 Å². The highest BCUT2D eigenvalue weighted by molar-refractivity contribution is 5.79. The van der Waals surface area contributed by atoms with Crippen LogP contribution in [-0.2, 0) is 9.59 Å². The van der Waals surface area contributed by atoms with Gasteiger partial charge in [0.1, 0.15) is 6.07 Å². The van der Waals surface area contributed by atoms with Gasteiger partial charge in [0, 0.05) is 52.1 Å². The molecule has 0 aliphatic carbocycles. The number of anilines is 1. The zero-order valence-electron chi connectivity index (χ0n) is 18.9. The number of furan rings is 1. The average molecular weight is 442 g/mol. The zero-order valence-corrected chi connectivity index (χ0v) is 18.9. The summed E-state index contributed by atoms with van der Waals surface area (Å²) in [5.41, 5.74) is 0.207. The van der Waals surface area contributed by atoms with E-state index in [-0.39, 0.29) is 23.4 Å². The summed E-state index contributed by atoms with van der Waals surface area (Å²) in [6.45, 7) is 7.84. The van der Waals surface area contributed by atoms with Gasteiger partial charge in [-0.1, -0.05) is 13.8 Å². The van der Waals surface area contributed by atoms with Crippen LogP contribution in [0, 0.1) is 11.3 Å². The zero-order chi connectivity index (χ0) is 22.9. The Morgan fingerprint density at radius 3 is 2.47 bits per heavy atom. The summed E-state index contributed by atoms with van der Waals surface area (Å²) in [5.74, 6) is 1.33. The number of hydrogen-bond acceptors (Lipinski definition) is 7. The number of nitriles is 1. The highest BCUT2D eigenvalue weighted by Crippen LogP contribution is 2.29. The van der Waals surface area contributed by atoms with E-state index in [1.54, 1.807) is 12.1 Å². The predicted octanol–water partition coefficient (Wildman–Crippen LogP) is 3.27. The maximum absolute atomic E-state index is 12.6. The van der Waals surface area contributed by atoms with Crippen LogP contribution < -0.4 is 4.90 Å². The molecule has 0 radical (unpaired) electrons. The third-order valence-electron chi connectivity index (χ3n) is 5.49. The third kappa shape index (κ3) is 5.69. The van der Waals surface area contributed by atoms with Crippen molar-refractivity contribution in [3.63, 3.8) is 0 Å². The van der Waals surface area contributed by atoms with Crippen molar-refractivity contribution in [1.29, 1.82) is 5.26 Å². The molecule has 2 aromatic heterocycles. The molecule has 0 aromatic carbocycles. The van der Waals surface area contributed by atoms with Crippen molar-refractivity contribution in [2.75, 3.05) is 44.2 Å². The summed E-state index contributed by atoms with van der Waals surface area (Å²) in [6.07, 6.45) is 4.74. The van der Waals surface area contributed by atoms with Crippen molar-refractivity contribution in [2.45, 2.75) is 46.0 Å². The lowest BCUT2D eigenvalue weighted by Crippen LogP contribution is -2.48. The molecule has 3 rings (SSSR count). The molecule has 0 unspecified atom stereocenters. The van der Waals surface area contributed by atoms with Gasteiger partial charge in [-0.25, -0.2) is 0 Å². The number of aromatic nitrogens is 1. The van der Waals surface area contributed by atoms with Gasteiger partial charge >= 0.3 is 0 Å². The largest absolute Gasteiger partial charge is 0.459 e. The number of amides is 2. The first-order valence-electron chi connectivity index (χ1n) is 11.3. The Kier molecular flexibility index (Phi) is 8.31. The van der Waals surface area contributed by atoms with Gasteiger partial charge in [-0.3, -0.25) is 9.59 Å². The van der Waals surface area contributed by atoms with Crippen molar-refractivity contribution < 1.29 is 18.4 Å². The van der Waals surface area contributed by atoms with E-state index in [9.17, 15) is 14.9 Å². The number of rotatable bonds is 10. The summed E-state index contributed by atoms with van der Waals surface area (Å²) < 4.78 is 11.1. The minimum absolute atomic E-state index is 0.0596. The molecule has 3 heterocycles. The van der Waals surface area contributed by atoms with E-state index >= 15 is 0 Å². The summed E-state index contributed by atoms with van der Waals surface area (Å²) in [7, 11) is 0. The number of carbonyl (C=O) groups is 2. The molecule has 9 nitrogen and oxygen atoms in total. The molecule has 9 heteroatoms. The van der Waals surface area contributed by atoms with Gasteiger partial charge in [-0.15, -0.1) is 0 Å². The molecule has 1 saturated heterocycles. The van der Waals surface area contributed by atoms with Crippen LogP contribution in [0.1, 0.15) is 51.6 Å². The van der Waals surface area contributed by atoms with Crippen LogP contribution in [0.5, 0.6) is 0 Å². The van der Waals surface area contributed by atoms with Gasteiger partial charge in [0.2, 0.25) is 23.4 Å². The van der Waals surface area contributed by atoms with Crippen LogP contribution in [0.25, 0.3) is 11.7 Å². The van der Waals surface area contributed by atoms with Crippen LogP contribution in [0.3, 0.4) is 0 Å². The fourth-order valence-corrected chi connectivity index (χ4v) is 3.87. The van der Waals surface area contributed by atoms with E-state index in [4.69, 9.17) is 8.83 Å². The molecule has 2 amide bonds. The highest BCUT2D eigenvalue weighted by atomic mass is 16.4. The molecule has 2 aromatic rings. The fraction of sp³-hybridized carbons (Fsp3) is 0.565. The number of hydrogen-bond donors (Lipinski definition) is 0. The number of nitrogens with zero attached hydrogens (tertiary/aromatic N) is 5. The lowest BCUT2D eigenvalue weighted by molar-refractivity contribution is -0.133. The summed E-state index contributed by atoms with van der Waals surface area (Å²) in [4.78, 5) is 34.8. The van der Waals surface area contributed by atoms with Crippen molar-refractivity contribution in [1.82, 2.24) is 14.8 Å². The maximum Gasteiger partial charge on any atom is 0.266 e. The highest BCUT2D eigenvalue weighted by Gasteiger charge is 2.27. The second kappa shape index (κ2) is 11.4. The normalized spacial score (nSPS) is 13.8. The van der Waals surface area contributed by atoms with Crippen molar-refractivity contribution in [3.05, 3.63) is 24.1 Å². The molecule has 0 bridgehead atoms. The molecule has 0 atom stereocenters. The van der Waals surface area contributed by atoms with Crippen LogP contribution >= 0.6 is 0 Å². The van der Waals surface area contributed by atoms with Gasteiger partial charge in [-0.05, 0) is 31.4 Å². The van der Waals surface area contributed by atoms with Crippen molar-refractivity contribution in [3.8, 4) is 17.7 Å². The fourth-order valence-electron chi connectivity index (χ4n) is 3.87. The Hall–Kier alpha value is -3.28. The Morgan fingerprint density at radius 2 is 1.88 bits per heavy atom. The maximum atomic E-state index is 12.6. The Balaban J connectivity index is 1.48. The number of piperazine rings is 1. The second-order valence-corrected chi connectivity index (χ2v) is 7.86. The van der Waals surface area contributed by atoms with Gasteiger partial charge < -0.3 is 23.5 Å². The third-order valence-corrected chi connectivity index (χ3v) is 5.49. The standard InChI is InChI=1S/C23H31N5O4/c1-3-10-26(11-4-2)20(29)8-5-9-21(30)27-12-14-28(15-13-27)23-18(17-24)25-22(32-23)19-7-6-16-31-19/h6-7,16H,3-5,8-15H2,1-2H3.